The minimum atomic E-state index is -0.690. The Hall–Kier alpha value is -4.31. The molecule has 1 aliphatic heterocycles. The van der Waals surface area contributed by atoms with Crippen LogP contribution in [0.15, 0.2) is 77.4 Å². The molecule has 0 saturated carbocycles. The number of benzene rings is 3. The lowest BCUT2D eigenvalue weighted by atomic mass is 10.0. The van der Waals surface area contributed by atoms with Gasteiger partial charge in [-0.2, -0.15) is 0 Å². The van der Waals surface area contributed by atoms with E-state index in [0.717, 1.165) is 21.3 Å². The fourth-order valence-corrected chi connectivity index (χ4v) is 4.87. The first-order chi connectivity index (χ1) is 19.2. The Morgan fingerprint density at radius 1 is 1.02 bits per heavy atom. The van der Waals surface area contributed by atoms with Crippen LogP contribution in [0.5, 0.6) is 0 Å². The number of anilines is 2. The van der Waals surface area contributed by atoms with Crippen LogP contribution < -0.4 is 15.5 Å². The van der Waals surface area contributed by atoms with E-state index < -0.39 is 12.1 Å². The maximum Gasteiger partial charge on any atom is 0.255 e. The molecule has 0 spiro atoms. The summed E-state index contributed by atoms with van der Waals surface area (Å²) >= 11 is 3.49. The van der Waals surface area contributed by atoms with Crippen LogP contribution in [-0.2, 0) is 9.59 Å². The predicted octanol–water partition coefficient (Wildman–Crippen LogP) is 5.06. The topological polar surface area (TPSA) is 109 Å². The first kappa shape index (κ1) is 27.3. The molecule has 2 heterocycles. The van der Waals surface area contributed by atoms with Gasteiger partial charge in [0.15, 0.2) is 0 Å². The van der Waals surface area contributed by atoms with Crippen molar-refractivity contribution in [2.75, 3.05) is 16.8 Å². The van der Waals surface area contributed by atoms with Gasteiger partial charge in [0, 0.05) is 33.5 Å². The summed E-state index contributed by atoms with van der Waals surface area (Å²) in [6.45, 7) is 6.08. The third kappa shape index (κ3) is 5.67. The van der Waals surface area contributed by atoms with Crippen LogP contribution in [0.2, 0.25) is 0 Å². The summed E-state index contributed by atoms with van der Waals surface area (Å²) in [5.74, 6) is -0.683. The zero-order valence-corrected chi connectivity index (χ0v) is 24.0. The first-order valence-corrected chi connectivity index (χ1v) is 13.8. The molecule has 1 saturated heterocycles. The third-order valence-electron chi connectivity index (χ3n) is 7.07. The van der Waals surface area contributed by atoms with E-state index in [4.69, 9.17) is 0 Å². The first-order valence-electron chi connectivity index (χ1n) is 13.0. The number of nitrogens with one attached hydrogen (secondary N) is 2. The molecule has 3 aromatic carbocycles. The summed E-state index contributed by atoms with van der Waals surface area (Å²) in [6, 6.07) is 19.2. The second-order valence-electron chi connectivity index (χ2n) is 9.88. The number of para-hydroxylation sites is 1. The number of amides is 3. The molecule has 3 amide bonds. The lowest BCUT2D eigenvalue weighted by Gasteiger charge is -2.19. The van der Waals surface area contributed by atoms with Crippen molar-refractivity contribution in [3.05, 3.63) is 94.1 Å². The van der Waals surface area contributed by atoms with Gasteiger partial charge in [-0.15, -0.1) is 5.10 Å². The number of rotatable bonds is 7. The van der Waals surface area contributed by atoms with Crippen molar-refractivity contribution >= 4 is 45.0 Å². The molecule has 204 valence electrons. The molecule has 40 heavy (non-hydrogen) atoms. The summed E-state index contributed by atoms with van der Waals surface area (Å²) in [6.07, 6.45) is 2.19. The quantitative estimate of drug-likeness (QED) is 0.308. The minimum Gasteiger partial charge on any atom is -0.342 e. The molecule has 2 unspecified atom stereocenters. The summed E-state index contributed by atoms with van der Waals surface area (Å²) in [5.41, 5.74) is 5.13. The molecule has 0 bridgehead atoms. The van der Waals surface area contributed by atoms with Crippen LogP contribution in [-0.4, -0.2) is 45.3 Å². The van der Waals surface area contributed by atoms with E-state index in [1.807, 2.05) is 74.5 Å². The molecule has 9 nitrogen and oxygen atoms in total. The number of carbonyl (C=O) groups is 3. The summed E-state index contributed by atoms with van der Waals surface area (Å²) in [4.78, 5) is 40.7. The van der Waals surface area contributed by atoms with Crippen LogP contribution in [0, 0.1) is 13.8 Å². The second kappa shape index (κ2) is 11.4. The predicted molar refractivity (Wildman–Crippen MR) is 157 cm³/mol. The molecule has 0 radical (unpaired) electrons. The molecule has 0 aliphatic carbocycles. The Kier molecular flexibility index (Phi) is 7.79. The molecule has 5 rings (SSSR count). The van der Waals surface area contributed by atoms with Gasteiger partial charge >= 0.3 is 0 Å². The summed E-state index contributed by atoms with van der Waals surface area (Å²) in [7, 11) is 0. The largest absolute Gasteiger partial charge is 0.342 e. The van der Waals surface area contributed by atoms with Crippen molar-refractivity contribution in [2.45, 2.75) is 39.3 Å². The highest BCUT2D eigenvalue weighted by molar-refractivity contribution is 9.10. The molecular formula is C30H29BrN6O3. The summed E-state index contributed by atoms with van der Waals surface area (Å²) in [5, 5.41) is 14.2. The third-order valence-corrected chi connectivity index (χ3v) is 7.96. The van der Waals surface area contributed by atoms with Crippen molar-refractivity contribution in [3.8, 4) is 11.3 Å². The SMILES string of the molecule is Cc1cc(N2CCC(NC(=O)C(C)n3cc(-c4ccc(C)c(C(=O)Nc5ccccc5)c4)nn3)C2=O)ccc1Br. The van der Waals surface area contributed by atoms with E-state index in [1.54, 1.807) is 24.1 Å². The number of halogens is 1. The molecule has 10 heteroatoms. The Balaban J connectivity index is 1.25. The van der Waals surface area contributed by atoms with Gasteiger partial charge in [0.05, 0.1) is 6.20 Å². The zero-order valence-electron chi connectivity index (χ0n) is 22.4. The average Bonchev–Trinajstić information content (AvgIpc) is 3.58. The highest BCUT2D eigenvalue weighted by Crippen LogP contribution is 2.27. The lowest BCUT2D eigenvalue weighted by molar-refractivity contribution is -0.128. The van der Waals surface area contributed by atoms with Gasteiger partial charge < -0.3 is 15.5 Å². The zero-order chi connectivity index (χ0) is 28.4. The van der Waals surface area contributed by atoms with Gasteiger partial charge in [0.25, 0.3) is 5.91 Å². The molecular weight excluding hydrogens is 572 g/mol. The maximum atomic E-state index is 13.1. The van der Waals surface area contributed by atoms with Crippen LogP contribution in [0.25, 0.3) is 11.3 Å². The van der Waals surface area contributed by atoms with E-state index in [-0.39, 0.29) is 17.7 Å². The fraction of sp³-hybridized carbons (Fsp3) is 0.233. The average molecular weight is 602 g/mol. The Labute approximate surface area is 240 Å². The van der Waals surface area contributed by atoms with Gasteiger partial charge in [-0.05, 0) is 74.7 Å². The number of hydrogen-bond donors (Lipinski definition) is 2. The number of carbonyl (C=O) groups excluding carboxylic acids is 3. The van der Waals surface area contributed by atoms with E-state index >= 15 is 0 Å². The normalized spacial score (nSPS) is 15.7. The molecule has 1 aromatic heterocycles. The summed E-state index contributed by atoms with van der Waals surface area (Å²) < 4.78 is 2.44. The lowest BCUT2D eigenvalue weighted by Crippen LogP contribution is -2.44. The van der Waals surface area contributed by atoms with Gasteiger partial charge in [-0.25, -0.2) is 4.68 Å². The van der Waals surface area contributed by atoms with E-state index in [9.17, 15) is 14.4 Å². The maximum absolute atomic E-state index is 13.1. The highest BCUT2D eigenvalue weighted by atomic mass is 79.9. The Bertz CT molecular complexity index is 1590. The van der Waals surface area contributed by atoms with Crippen LogP contribution in [0.3, 0.4) is 0 Å². The number of aryl methyl sites for hydroxylation is 2. The van der Waals surface area contributed by atoms with Crippen molar-refractivity contribution in [1.82, 2.24) is 20.3 Å². The van der Waals surface area contributed by atoms with E-state index in [0.29, 0.717) is 35.5 Å². The standard InChI is InChI=1S/C30H29BrN6O3/c1-18-9-10-21(16-24(18)29(39)32-22-7-5-4-6-8-22)27-17-37(35-34-27)20(3)28(38)33-26-13-14-36(30(26)40)23-11-12-25(31)19(2)15-23/h4-12,15-17,20,26H,13-14H2,1-3H3,(H,32,39)(H,33,38). The van der Waals surface area contributed by atoms with Gasteiger partial charge in [0.1, 0.15) is 17.8 Å². The number of aromatic nitrogens is 3. The molecule has 2 atom stereocenters. The van der Waals surface area contributed by atoms with Gasteiger partial charge in [-0.1, -0.05) is 51.5 Å². The Morgan fingerprint density at radius 3 is 2.55 bits per heavy atom. The minimum absolute atomic E-state index is 0.137. The van der Waals surface area contributed by atoms with Crippen LogP contribution >= 0.6 is 15.9 Å². The number of nitrogens with zero attached hydrogens (tertiary/aromatic N) is 4. The molecule has 2 N–H and O–H groups in total. The van der Waals surface area contributed by atoms with Gasteiger partial charge in [0.2, 0.25) is 11.8 Å². The van der Waals surface area contributed by atoms with Crippen LogP contribution in [0.4, 0.5) is 11.4 Å². The van der Waals surface area contributed by atoms with Crippen molar-refractivity contribution in [3.63, 3.8) is 0 Å². The highest BCUT2D eigenvalue weighted by Gasteiger charge is 2.35. The van der Waals surface area contributed by atoms with E-state index in [1.165, 1.54) is 4.68 Å². The second-order valence-corrected chi connectivity index (χ2v) is 10.7. The smallest absolute Gasteiger partial charge is 0.255 e. The van der Waals surface area contributed by atoms with E-state index in [2.05, 4.69) is 36.9 Å². The monoisotopic (exact) mass is 600 g/mol. The molecule has 1 aliphatic rings. The Morgan fingerprint density at radius 2 is 1.80 bits per heavy atom. The molecule has 1 fully saturated rings. The number of hydrogen-bond acceptors (Lipinski definition) is 5. The van der Waals surface area contributed by atoms with Gasteiger partial charge in [-0.3, -0.25) is 14.4 Å². The van der Waals surface area contributed by atoms with Crippen molar-refractivity contribution < 1.29 is 14.4 Å². The molecule has 4 aromatic rings. The van der Waals surface area contributed by atoms with Crippen LogP contribution in [0.1, 0.15) is 40.9 Å². The van der Waals surface area contributed by atoms with Crippen molar-refractivity contribution in [1.29, 1.82) is 0 Å². The fourth-order valence-electron chi connectivity index (χ4n) is 4.62. The van der Waals surface area contributed by atoms with Crippen molar-refractivity contribution in [2.24, 2.45) is 0 Å².